The van der Waals surface area contributed by atoms with Crippen molar-refractivity contribution >= 4 is 35.3 Å². The van der Waals surface area contributed by atoms with Gasteiger partial charge in [0.2, 0.25) is 29.3 Å². The highest BCUT2D eigenvalue weighted by atomic mass is 16.5. The summed E-state index contributed by atoms with van der Waals surface area (Å²) >= 11 is 0. The molecule has 3 amide bonds. The van der Waals surface area contributed by atoms with Gasteiger partial charge in [0, 0.05) is 30.9 Å². The van der Waals surface area contributed by atoms with E-state index < -0.39 is 35.5 Å². The molecule has 3 aliphatic heterocycles. The predicted molar refractivity (Wildman–Crippen MR) is 121 cm³/mol. The first kappa shape index (κ1) is 24.6. The van der Waals surface area contributed by atoms with Gasteiger partial charge in [-0.05, 0) is 32.1 Å². The van der Waals surface area contributed by atoms with Crippen LogP contribution in [0.2, 0.25) is 0 Å². The van der Waals surface area contributed by atoms with Crippen LogP contribution in [0.15, 0.2) is 30.3 Å². The number of hydrogen-bond acceptors (Lipinski definition) is 7. The Morgan fingerprint density at radius 1 is 1.06 bits per heavy atom. The van der Waals surface area contributed by atoms with E-state index in [0.717, 1.165) is 0 Å². The SMILES string of the molecule is O=C1CC(NC(=O)[C@@H]2CCCN3C(=O)CCC(CCCC(=O)C(=O)c4ccccc4)C(=O)N23)CO1. The Morgan fingerprint density at radius 2 is 1.83 bits per heavy atom. The first-order valence-corrected chi connectivity index (χ1v) is 12.1. The standard InChI is InChI=1S/C25H29N3O7/c29-20(23(32)16-6-2-1-3-7-16)10-4-8-17-11-12-21(30)27-13-5-9-19(28(27)25(17)34)24(33)26-18-14-22(31)35-15-18/h1-3,6-7,17-19H,4-5,8-15H2,(H,26,33)/t17?,18?,19-/m0/s1. The second-order valence-electron chi connectivity index (χ2n) is 9.20. The third-order valence-electron chi connectivity index (χ3n) is 6.73. The lowest BCUT2D eigenvalue weighted by molar-refractivity contribution is -0.177. The number of hydrazine groups is 1. The highest BCUT2D eigenvalue weighted by Crippen LogP contribution is 2.30. The van der Waals surface area contributed by atoms with E-state index in [1.165, 1.54) is 10.0 Å². The summed E-state index contributed by atoms with van der Waals surface area (Å²) in [4.78, 5) is 75.3. The number of nitrogens with one attached hydrogen (secondary N) is 1. The van der Waals surface area contributed by atoms with Gasteiger partial charge in [0.1, 0.15) is 12.6 Å². The molecule has 186 valence electrons. The molecule has 0 aliphatic carbocycles. The van der Waals surface area contributed by atoms with E-state index in [9.17, 15) is 28.8 Å². The number of fused-ring (bicyclic) bond motifs is 1. The van der Waals surface area contributed by atoms with E-state index >= 15 is 0 Å². The maximum absolute atomic E-state index is 13.5. The number of carbonyl (C=O) groups excluding carboxylic acids is 6. The van der Waals surface area contributed by atoms with Crippen molar-refractivity contribution < 1.29 is 33.5 Å². The van der Waals surface area contributed by atoms with E-state index in [4.69, 9.17) is 4.74 Å². The number of ether oxygens (including phenoxy) is 1. The van der Waals surface area contributed by atoms with Crippen LogP contribution in [0.1, 0.15) is 61.7 Å². The van der Waals surface area contributed by atoms with Crippen LogP contribution in [0.4, 0.5) is 0 Å². The van der Waals surface area contributed by atoms with E-state index in [0.29, 0.717) is 44.2 Å². The summed E-state index contributed by atoms with van der Waals surface area (Å²) < 4.78 is 4.89. The molecule has 1 aromatic carbocycles. The second-order valence-corrected chi connectivity index (χ2v) is 9.20. The number of ketones is 2. The van der Waals surface area contributed by atoms with Gasteiger partial charge < -0.3 is 10.1 Å². The molecular formula is C25H29N3O7. The lowest BCUT2D eigenvalue weighted by Gasteiger charge is -2.43. The minimum Gasteiger partial charge on any atom is -0.463 e. The third-order valence-corrected chi connectivity index (χ3v) is 6.73. The number of hydrogen-bond donors (Lipinski definition) is 1. The van der Waals surface area contributed by atoms with Gasteiger partial charge in [0.15, 0.2) is 0 Å². The normalized spacial score (nSPS) is 24.5. The summed E-state index contributed by atoms with van der Waals surface area (Å²) in [5.74, 6) is -2.94. The average Bonchev–Trinajstić information content (AvgIpc) is 3.23. The van der Waals surface area contributed by atoms with Crippen LogP contribution >= 0.6 is 0 Å². The molecule has 0 spiro atoms. The summed E-state index contributed by atoms with van der Waals surface area (Å²) in [6.45, 7) is 0.447. The molecule has 3 aliphatic rings. The molecule has 0 radical (unpaired) electrons. The maximum atomic E-state index is 13.5. The lowest BCUT2D eigenvalue weighted by Crippen LogP contribution is -2.62. The van der Waals surface area contributed by atoms with E-state index in [1.54, 1.807) is 30.3 Å². The molecule has 2 unspecified atom stereocenters. The molecule has 10 nitrogen and oxygen atoms in total. The number of carbonyl (C=O) groups is 6. The number of nitrogens with zero attached hydrogens (tertiary/aromatic N) is 2. The van der Waals surface area contributed by atoms with Crippen molar-refractivity contribution in [1.29, 1.82) is 0 Å². The average molecular weight is 484 g/mol. The molecule has 1 aromatic rings. The van der Waals surface area contributed by atoms with Crippen LogP contribution in [0, 0.1) is 5.92 Å². The van der Waals surface area contributed by atoms with Crippen LogP contribution in [0.5, 0.6) is 0 Å². The number of rotatable bonds is 8. The smallest absolute Gasteiger partial charge is 0.308 e. The Hall–Kier alpha value is -3.56. The van der Waals surface area contributed by atoms with Crippen LogP contribution in [0.3, 0.4) is 0 Å². The number of amides is 3. The molecule has 10 heteroatoms. The largest absolute Gasteiger partial charge is 0.463 e. The Balaban J connectivity index is 1.39. The fourth-order valence-corrected chi connectivity index (χ4v) is 4.87. The summed E-state index contributed by atoms with van der Waals surface area (Å²) in [5.41, 5.74) is 0.334. The van der Waals surface area contributed by atoms with Gasteiger partial charge in [0.25, 0.3) is 0 Å². The highest BCUT2D eigenvalue weighted by molar-refractivity contribution is 6.43. The van der Waals surface area contributed by atoms with Gasteiger partial charge in [0.05, 0.1) is 12.5 Å². The number of cyclic esters (lactones) is 1. The molecule has 1 N–H and O–H groups in total. The molecule has 0 saturated carbocycles. The zero-order chi connectivity index (χ0) is 24.9. The van der Waals surface area contributed by atoms with E-state index in [2.05, 4.69) is 5.32 Å². The fraction of sp³-hybridized carbons (Fsp3) is 0.520. The van der Waals surface area contributed by atoms with Gasteiger partial charge in [-0.1, -0.05) is 30.3 Å². The molecule has 3 atom stereocenters. The van der Waals surface area contributed by atoms with Crippen molar-refractivity contribution in [2.75, 3.05) is 13.2 Å². The van der Waals surface area contributed by atoms with Crippen LogP contribution in [-0.4, -0.2) is 70.5 Å². The lowest BCUT2D eigenvalue weighted by atomic mass is 9.93. The van der Waals surface area contributed by atoms with Gasteiger partial charge in [-0.3, -0.25) is 33.8 Å². The van der Waals surface area contributed by atoms with Crippen molar-refractivity contribution in [3.8, 4) is 0 Å². The van der Waals surface area contributed by atoms with Gasteiger partial charge >= 0.3 is 5.97 Å². The third kappa shape index (κ3) is 5.58. The minimum absolute atomic E-state index is 0.00872. The predicted octanol–water partition coefficient (Wildman–Crippen LogP) is 1.18. The molecule has 3 heterocycles. The van der Waals surface area contributed by atoms with Crippen LogP contribution < -0.4 is 5.32 Å². The van der Waals surface area contributed by atoms with Gasteiger partial charge in [-0.15, -0.1) is 0 Å². The fourth-order valence-electron chi connectivity index (χ4n) is 4.87. The highest BCUT2D eigenvalue weighted by Gasteiger charge is 2.44. The van der Waals surface area contributed by atoms with E-state index in [1.807, 2.05) is 0 Å². The zero-order valence-corrected chi connectivity index (χ0v) is 19.4. The quantitative estimate of drug-likeness (QED) is 0.334. The first-order chi connectivity index (χ1) is 16.8. The van der Waals surface area contributed by atoms with Gasteiger partial charge in [-0.2, -0.15) is 0 Å². The summed E-state index contributed by atoms with van der Waals surface area (Å²) in [7, 11) is 0. The zero-order valence-electron chi connectivity index (χ0n) is 19.4. The van der Waals surface area contributed by atoms with Gasteiger partial charge in [-0.25, -0.2) is 5.01 Å². The van der Waals surface area contributed by atoms with Crippen LogP contribution in [-0.2, 0) is 28.7 Å². The number of benzene rings is 1. The molecule has 3 saturated heterocycles. The molecular weight excluding hydrogens is 454 g/mol. The van der Waals surface area contributed by atoms with Crippen molar-refractivity contribution in [1.82, 2.24) is 15.3 Å². The minimum atomic E-state index is -0.849. The molecule has 35 heavy (non-hydrogen) atoms. The topological polar surface area (TPSA) is 130 Å². The van der Waals surface area contributed by atoms with Crippen LogP contribution in [0.25, 0.3) is 0 Å². The number of Topliss-reactive ketones (excluding diaryl/α,β-unsaturated/α-hetero) is 2. The van der Waals surface area contributed by atoms with Crippen molar-refractivity contribution in [3.63, 3.8) is 0 Å². The Kier molecular flexibility index (Phi) is 7.57. The second kappa shape index (κ2) is 10.8. The molecule has 4 rings (SSSR count). The molecule has 0 aromatic heterocycles. The van der Waals surface area contributed by atoms with Crippen molar-refractivity contribution in [2.45, 2.75) is 63.5 Å². The summed E-state index contributed by atoms with van der Waals surface area (Å²) in [6.07, 6.45) is 2.22. The van der Waals surface area contributed by atoms with E-state index in [-0.39, 0.29) is 43.7 Å². The van der Waals surface area contributed by atoms with Crippen molar-refractivity contribution in [3.05, 3.63) is 35.9 Å². The Labute approximate surface area is 202 Å². The first-order valence-electron chi connectivity index (χ1n) is 12.1. The maximum Gasteiger partial charge on any atom is 0.308 e. The molecule has 0 bridgehead atoms. The monoisotopic (exact) mass is 483 g/mol. The Bertz CT molecular complexity index is 1030. The summed E-state index contributed by atoms with van der Waals surface area (Å²) in [5, 5.41) is 5.43. The Morgan fingerprint density at radius 3 is 2.54 bits per heavy atom. The van der Waals surface area contributed by atoms with Crippen molar-refractivity contribution in [2.24, 2.45) is 5.92 Å². The summed E-state index contributed by atoms with van der Waals surface area (Å²) in [6, 6.07) is 7.02. The molecule has 3 fully saturated rings. The number of esters is 1.